The summed E-state index contributed by atoms with van der Waals surface area (Å²) in [5.74, 6) is 0. The molecule has 0 bridgehead atoms. The molecule has 0 aliphatic heterocycles. The van der Waals surface area contributed by atoms with Gasteiger partial charge in [-0.15, -0.1) is 0 Å². The second-order valence-corrected chi connectivity index (χ2v) is 4.68. The van der Waals surface area contributed by atoms with Crippen LogP contribution in [0.15, 0.2) is 42.7 Å². The van der Waals surface area contributed by atoms with Crippen molar-refractivity contribution >= 4 is 0 Å². The van der Waals surface area contributed by atoms with Gasteiger partial charge in [0, 0.05) is 32.0 Å². The lowest BCUT2D eigenvalue weighted by Gasteiger charge is -2.16. The van der Waals surface area contributed by atoms with E-state index in [1.54, 1.807) is 6.20 Å². The standard InChI is InChI=1S/C15H20N4/c1-16-10-14-6-3-7-15(18-14)12-19(2)11-13-5-4-8-17-9-13/h3-9,16H,10-12H2,1-2H3. The van der Waals surface area contributed by atoms with Crippen LogP contribution in [0.2, 0.25) is 0 Å². The van der Waals surface area contributed by atoms with Gasteiger partial charge in [-0.1, -0.05) is 12.1 Å². The molecule has 0 spiro atoms. The van der Waals surface area contributed by atoms with Crippen LogP contribution < -0.4 is 5.32 Å². The zero-order valence-corrected chi connectivity index (χ0v) is 11.5. The number of hydrogen-bond donors (Lipinski definition) is 1. The zero-order chi connectivity index (χ0) is 13.5. The molecule has 4 heteroatoms. The lowest BCUT2D eigenvalue weighted by Crippen LogP contribution is -2.18. The van der Waals surface area contributed by atoms with Gasteiger partial charge in [0.25, 0.3) is 0 Å². The fourth-order valence-electron chi connectivity index (χ4n) is 2.03. The van der Waals surface area contributed by atoms with Crippen LogP contribution in [0, 0.1) is 0 Å². The van der Waals surface area contributed by atoms with Crippen LogP contribution >= 0.6 is 0 Å². The highest BCUT2D eigenvalue weighted by atomic mass is 15.1. The Labute approximate surface area is 114 Å². The summed E-state index contributed by atoms with van der Waals surface area (Å²) in [4.78, 5) is 11.0. The van der Waals surface area contributed by atoms with Crippen molar-refractivity contribution in [3.63, 3.8) is 0 Å². The van der Waals surface area contributed by atoms with E-state index in [0.717, 1.165) is 31.0 Å². The average molecular weight is 256 g/mol. The van der Waals surface area contributed by atoms with Gasteiger partial charge >= 0.3 is 0 Å². The summed E-state index contributed by atoms with van der Waals surface area (Å²) in [6, 6.07) is 10.2. The van der Waals surface area contributed by atoms with Gasteiger partial charge in [0.1, 0.15) is 0 Å². The number of pyridine rings is 2. The molecule has 2 rings (SSSR count). The largest absolute Gasteiger partial charge is 0.314 e. The molecule has 0 aliphatic rings. The quantitative estimate of drug-likeness (QED) is 0.856. The Morgan fingerprint density at radius 1 is 1.11 bits per heavy atom. The van der Waals surface area contributed by atoms with E-state index in [1.165, 1.54) is 5.56 Å². The van der Waals surface area contributed by atoms with E-state index in [9.17, 15) is 0 Å². The predicted molar refractivity (Wildman–Crippen MR) is 76.4 cm³/mol. The van der Waals surface area contributed by atoms with Crippen molar-refractivity contribution in [3.05, 3.63) is 59.7 Å². The fraction of sp³-hybridized carbons (Fsp3) is 0.333. The Morgan fingerprint density at radius 2 is 1.95 bits per heavy atom. The molecule has 0 unspecified atom stereocenters. The summed E-state index contributed by atoms with van der Waals surface area (Å²) in [5, 5.41) is 3.12. The second kappa shape index (κ2) is 6.97. The lowest BCUT2D eigenvalue weighted by atomic mass is 10.2. The Hall–Kier alpha value is -1.78. The minimum Gasteiger partial charge on any atom is -0.314 e. The summed E-state index contributed by atoms with van der Waals surface area (Å²) in [6.45, 7) is 2.53. The van der Waals surface area contributed by atoms with Crippen molar-refractivity contribution in [1.29, 1.82) is 0 Å². The molecular weight excluding hydrogens is 236 g/mol. The van der Waals surface area contributed by atoms with E-state index < -0.39 is 0 Å². The van der Waals surface area contributed by atoms with E-state index in [-0.39, 0.29) is 0 Å². The molecule has 2 aromatic rings. The van der Waals surface area contributed by atoms with Gasteiger partial charge in [-0.2, -0.15) is 0 Å². The molecule has 2 aromatic heterocycles. The summed E-state index contributed by atoms with van der Waals surface area (Å²) < 4.78 is 0. The molecule has 0 fully saturated rings. The Bertz CT molecular complexity index is 499. The molecule has 0 aromatic carbocycles. The monoisotopic (exact) mass is 256 g/mol. The first-order valence-corrected chi connectivity index (χ1v) is 6.45. The normalized spacial score (nSPS) is 10.9. The molecule has 0 amide bonds. The van der Waals surface area contributed by atoms with E-state index in [0.29, 0.717) is 0 Å². The van der Waals surface area contributed by atoms with E-state index in [2.05, 4.69) is 45.4 Å². The van der Waals surface area contributed by atoms with Crippen molar-refractivity contribution in [2.45, 2.75) is 19.6 Å². The van der Waals surface area contributed by atoms with E-state index in [4.69, 9.17) is 0 Å². The van der Waals surface area contributed by atoms with Crippen molar-refractivity contribution in [2.75, 3.05) is 14.1 Å². The highest BCUT2D eigenvalue weighted by molar-refractivity contribution is 5.12. The van der Waals surface area contributed by atoms with E-state index in [1.807, 2.05) is 25.4 Å². The highest BCUT2D eigenvalue weighted by Crippen LogP contribution is 2.06. The molecule has 19 heavy (non-hydrogen) atoms. The average Bonchev–Trinajstić information content (AvgIpc) is 2.40. The van der Waals surface area contributed by atoms with Gasteiger partial charge in [0.2, 0.25) is 0 Å². The van der Waals surface area contributed by atoms with Crippen LogP contribution in [0.5, 0.6) is 0 Å². The molecule has 4 nitrogen and oxygen atoms in total. The number of nitrogens with zero attached hydrogens (tertiary/aromatic N) is 3. The molecule has 0 radical (unpaired) electrons. The van der Waals surface area contributed by atoms with Crippen molar-refractivity contribution in [1.82, 2.24) is 20.2 Å². The third-order valence-electron chi connectivity index (χ3n) is 2.83. The van der Waals surface area contributed by atoms with Gasteiger partial charge in [0.05, 0.1) is 11.4 Å². The molecule has 0 saturated heterocycles. The topological polar surface area (TPSA) is 41.0 Å². The van der Waals surface area contributed by atoms with Crippen molar-refractivity contribution in [3.8, 4) is 0 Å². The first kappa shape index (κ1) is 13.6. The van der Waals surface area contributed by atoms with Crippen LogP contribution in [-0.2, 0) is 19.6 Å². The minimum atomic E-state index is 0.806. The molecule has 0 aliphatic carbocycles. The van der Waals surface area contributed by atoms with Crippen LogP contribution in [0.4, 0.5) is 0 Å². The number of hydrogen-bond acceptors (Lipinski definition) is 4. The summed E-state index contributed by atoms with van der Waals surface area (Å²) in [7, 11) is 4.03. The number of nitrogens with one attached hydrogen (secondary N) is 1. The highest BCUT2D eigenvalue weighted by Gasteiger charge is 2.03. The SMILES string of the molecule is CNCc1cccc(CN(C)Cc2cccnc2)n1. The molecular formula is C15H20N4. The van der Waals surface area contributed by atoms with Crippen molar-refractivity contribution < 1.29 is 0 Å². The molecule has 2 heterocycles. The maximum absolute atomic E-state index is 4.62. The Balaban J connectivity index is 1.95. The predicted octanol–water partition coefficient (Wildman–Crippen LogP) is 1.83. The molecule has 0 atom stereocenters. The second-order valence-electron chi connectivity index (χ2n) is 4.68. The smallest absolute Gasteiger partial charge is 0.0547 e. The van der Waals surface area contributed by atoms with Gasteiger partial charge in [-0.25, -0.2) is 0 Å². The minimum absolute atomic E-state index is 0.806. The van der Waals surface area contributed by atoms with Crippen LogP contribution in [-0.4, -0.2) is 29.0 Å². The van der Waals surface area contributed by atoms with Gasteiger partial charge in [0.15, 0.2) is 0 Å². The molecule has 1 N–H and O–H groups in total. The summed E-state index contributed by atoms with van der Waals surface area (Å²) >= 11 is 0. The van der Waals surface area contributed by atoms with Crippen LogP contribution in [0.25, 0.3) is 0 Å². The summed E-state index contributed by atoms with van der Waals surface area (Å²) in [5.41, 5.74) is 3.39. The summed E-state index contributed by atoms with van der Waals surface area (Å²) in [6.07, 6.45) is 3.70. The molecule has 100 valence electrons. The molecule has 0 saturated carbocycles. The van der Waals surface area contributed by atoms with Crippen molar-refractivity contribution in [2.24, 2.45) is 0 Å². The van der Waals surface area contributed by atoms with Crippen LogP contribution in [0.3, 0.4) is 0 Å². The fourth-order valence-corrected chi connectivity index (χ4v) is 2.03. The maximum atomic E-state index is 4.62. The third-order valence-corrected chi connectivity index (χ3v) is 2.83. The first-order valence-electron chi connectivity index (χ1n) is 6.45. The van der Waals surface area contributed by atoms with Gasteiger partial charge in [-0.05, 0) is 37.9 Å². The number of rotatable bonds is 6. The zero-order valence-electron chi connectivity index (χ0n) is 11.5. The lowest BCUT2D eigenvalue weighted by molar-refractivity contribution is 0.314. The van der Waals surface area contributed by atoms with Crippen LogP contribution in [0.1, 0.15) is 17.0 Å². The van der Waals surface area contributed by atoms with E-state index >= 15 is 0 Å². The Morgan fingerprint density at radius 3 is 2.68 bits per heavy atom. The number of aromatic nitrogens is 2. The maximum Gasteiger partial charge on any atom is 0.0547 e. The third kappa shape index (κ3) is 4.43. The van der Waals surface area contributed by atoms with Gasteiger partial charge < -0.3 is 5.32 Å². The van der Waals surface area contributed by atoms with Gasteiger partial charge in [-0.3, -0.25) is 14.9 Å². The first-order chi connectivity index (χ1) is 9.28. The Kier molecular flexibility index (Phi) is 5.01.